The van der Waals surface area contributed by atoms with E-state index in [4.69, 9.17) is 14.6 Å². The largest absolute Gasteiger partial charge is 0.479 e. The predicted molar refractivity (Wildman–Crippen MR) is 64.4 cm³/mol. The van der Waals surface area contributed by atoms with E-state index in [9.17, 15) is 9.59 Å². The Kier molecular flexibility index (Phi) is 4.56. The van der Waals surface area contributed by atoms with E-state index >= 15 is 0 Å². The van der Waals surface area contributed by atoms with Crippen LogP contribution < -0.4 is 0 Å². The fourth-order valence-corrected chi connectivity index (χ4v) is 1.68. The zero-order valence-electron chi connectivity index (χ0n) is 11.3. The summed E-state index contributed by atoms with van der Waals surface area (Å²) in [5.41, 5.74) is -0.523. The Bertz CT molecular complexity index is 323. The minimum atomic E-state index is -0.995. The van der Waals surface area contributed by atoms with E-state index in [1.54, 1.807) is 4.90 Å². The van der Waals surface area contributed by atoms with Gasteiger partial charge in [0.15, 0.2) is 6.10 Å². The molecule has 2 atom stereocenters. The standard InChI is InChI=1S/C12H21NO5/c1-8(10(14)15)17-9-5-6-13(7-9)11(16)18-12(2,3)4/h8-9H,5-7H2,1-4H3,(H,14,15)/t8?,9-/m1/s1. The average molecular weight is 259 g/mol. The van der Waals surface area contributed by atoms with Gasteiger partial charge in [0.2, 0.25) is 0 Å². The Morgan fingerprint density at radius 2 is 2.00 bits per heavy atom. The van der Waals surface area contributed by atoms with Gasteiger partial charge >= 0.3 is 12.1 Å². The molecule has 6 heteroatoms. The molecule has 18 heavy (non-hydrogen) atoms. The molecule has 0 aliphatic carbocycles. The van der Waals surface area contributed by atoms with Crippen LogP contribution in [0.4, 0.5) is 4.79 Å². The van der Waals surface area contributed by atoms with Crippen molar-refractivity contribution in [2.45, 2.75) is 51.9 Å². The van der Waals surface area contributed by atoms with Gasteiger partial charge in [-0.1, -0.05) is 0 Å². The second-order valence-corrected chi connectivity index (χ2v) is 5.45. The van der Waals surface area contributed by atoms with E-state index in [-0.39, 0.29) is 12.2 Å². The van der Waals surface area contributed by atoms with Crippen LogP contribution in [0.15, 0.2) is 0 Å². The third kappa shape index (κ3) is 4.52. The number of ether oxygens (including phenoxy) is 2. The molecule has 1 N–H and O–H groups in total. The van der Waals surface area contributed by atoms with Crippen molar-refractivity contribution in [2.75, 3.05) is 13.1 Å². The minimum absolute atomic E-state index is 0.233. The molecule has 0 saturated carbocycles. The first-order valence-corrected chi connectivity index (χ1v) is 6.05. The monoisotopic (exact) mass is 259 g/mol. The van der Waals surface area contributed by atoms with Gasteiger partial charge in [0.1, 0.15) is 5.60 Å². The summed E-state index contributed by atoms with van der Waals surface area (Å²) in [6.45, 7) is 7.82. The normalized spacial score (nSPS) is 21.8. The maximum atomic E-state index is 11.8. The van der Waals surface area contributed by atoms with Crippen molar-refractivity contribution in [2.24, 2.45) is 0 Å². The van der Waals surface area contributed by atoms with Crippen LogP contribution in [0.1, 0.15) is 34.1 Å². The maximum Gasteiger partial charge on any atom is 0.410 e. The van der Waals surface area contributed by atoms with Crippen LogP contribution in [-0.4, -0.2) is 53.0 Å². The van der Waals surface area contributed by atoms with Crippen LogP contribution in [0.2, 0.25) is 0 Å². The average Bonchev–Trinajstić information content (AvgIpc) is 2.63. The number of carbonyl (C=O) groups excluding carboxylic acids is 1. The van der Waals surface area contributed by atoms with Gasteiger partial charge in [0, 0.05) is 6.54 Å². The Hall–Kier alpha value is -1.30. The molecule has 1 fully saturated rings. The molecule has 6 nitrogen and oxygen atoms in total. The highest BCUT2D eigenvalue weighted by molar-refractivity contribution is 5.71. The summed E-state index contributed by atoms with van der Waals surface area (Å²) >= 11 is 0. The highest BCUT2D eigenvalue weighted by Crippen LogP contribution is 2.18. The van der Waals surface area contributed by atoms with E-state index in [2.05, 4.69) is 0 Å². The van der Waals surface area contributed by atoms with Crippen molar-refractivity contribution in [1.29, 1.82) is 0 Å². The Balaban J connectivity index is 2.41. The summed E-state index contributed by atoms with van der Waals surface area (Å²) in [6, 6.07) is 0. The van der Waals surface area contributed by atoms with Crippen molar-refractivity contribution in [1.82, 2.24) is 4.90 Å². The number of hydrogen-bond acceptors (Lipinski definition) is 4. The number of hydrogen-bond donors (Lipinski definition) is 1. The predicted octanol–water partition coefficient (Wildman–Crippen LogP) is 1.49. The molecule has 0 aromatic carbocycles. The summed E-state index contributed by atoms with van der Waals surface area (Å²) in [5.74, 6) is -0.995. The molecule has 0 aromatic heterocycles. The highest BCUT2D eigenvalue weighted by Gasteiger charge is 2.31. The molecular weight excluding hydrogens is 238 g/mol. The molecule has 0 aromatic rings. The molecule has 0 bridgehead atoms. The highest BCUT2D eigenvalue weighted by atomic mass is 16.6. The van der Waals surface area contributed by atoms with Crippen LogP contribution in [0.5, 0.6) is 0 Å². The van der Waals surface area contributed by atoms with E-state index in [1.807, 2.05) is 20.8 Å². The second kappa shape index (κ2) is 5.56. The number of carboxylic acid groups (broad SMARTS) is 1. The lowest BCUT2D eigenvalue weighted by molar-refractivity contribution is -0.152. The van der Waals surface area contributed by atoms with Gasteiger partial charge in [-0.25, -0.2) is 9.59 Å². The molecule has 1 aliphatic rings. The lowest BCUT2D eigenvalue weighted by Gasteiger charge is -2.24. The Morgan fingerprint density at radius 3 is 2.50 bits per heavy atom. The zero-order valence-corrected chi connectivity index (χ0v) is 11.3. The number of rotatable bonds is 3. The molecule has 0 radical (unpaired) electrons. The molecule has 1 heterocycles. The smallest absolute Gasteiger partial charge is 0.410 e. The molecule has 1 amide bonds. The van der Waals surface area contributed by atoms with E-state index in [1.165, 1.54) is 6.92 Å². The van der Waals surface area contributed by atoms with Crippen LogP contribution in [0, 0.1) is 0 Å². The summed E-state index contributed by atoms with van der Waals surface area (Å²) in [7, 11) is 0. The Labute approximate surface area is 107 Å². The Morgan fingerprint density at radius 1 is 1.39 bits per heavy atom. The number of likely N-dealkylation sites (tertiary alicyclic amines) is 1. The van der Waals surface area contributed by atoms with Crippen LogP contribution in [0.25, 0.3) is 0 Å². The van der Waals surface area contributed by atoms with E-state index in [0.29, 0.717) is 19.5 Å². The SMILES string of the molecule is CC(O[C@@H]1CCN(C(=O)OC(C)(C)C)C1)C(=O)O. The lowest BCUT2D eigenvalue weighted by Crippen LogP contribution is -2.36. The van der Waals surface area contributed by atoms with E-state index < -0.39 is 17.7 Å². The van der Waals surface area contributed by atoms with Gasteiger partial charge in [0.05, 0.1) is 12.6 Å². The number of carbonyl (C=O) groups is 2. The van der Waals surface area contributed by atoms with Gasteiger partial charge < -0.3 is 19.5 Å². The third-order valence-corrected chi connectivity index (χ3v) is 2.54. The fourth-order valence-electron chi connectivity index (χ4n) is 1.68. The van der Waals surface area contributed by atoms with Crippen LogP contribution in [-0.2, 0) is 14.3 Å². The third-order valence-electron chi connectivity index (χ3n) is 2.54. The molecule has 0 spiro atoms. The maximum absolute atomic E-state index is 11.8. The van der Waals surface area contributed by atoms with E-state index in [0.717, 1.165) is 0 Å². The van der Waals surface area contributed by atoms with Gasteiger partial charge in [-0.15, -0.1) is 0 Å². The van der Waals surface area contributed by atoms with Crippen molar-refractivity contribution < 1.29 is 24.2 Å². The van der Waals surface area contributed by atoms with Crippen molar-refractivity contribution >= 4 is 12.1 Å². The van der Waals surface area contributed by atoms with Gasteiger partial charge in [0.25, 0.3) is 0 Å². The lowest BCUT2D eigenvalue weighted by atomic mass is 10.2. The first-order valence-electron chi connectivity index (χ1n) is 6.05. The zero-order chi connectivity index (χ0) is 13.9. The molecule has 1 rings (SSSR count). The van der Waals surface area contributed by atoms with Crippen molar-refractivity contribution in [3.8, 4) is 0 Å². The van der Waals surface area contributed by atoms with Gasteiger partial charge in [-0.3, -0.25) is 0 Å². The van der Waals surface area contributed by atoms with Crippen molar-refractivity contribution in [3.05, 3.63) is 0 Å². The number of nitrogens with zero attached hydrogens (tertiary/aromatic N) is 1. The summed E-state index contributed by atoms with van der Waals surface area (Å²) in [5, 5.41) is 8.74. The first kappa shape index (κ1) is 14.8. The number of carboxylic acids is 1. The van der Waals surface area contributed by atoms with Gasteiger partial charge in [-0.2, -0.15) is 0 Å². The molecule has 1 aliphatic heterocycles. The molecule has 104 valence electrons. The molecular formula is C12H21NO5. The summed E-state index contributed by atoms with van der Waals surface area (Å²) in [4.78, 5) is 24.0. The van der Waals surface area contributed by atoms with Gasteiger partial charge in [-0.05, 0) is 34.1 Å². The molecule has 1 unspecified atom stereocenters. The fraction of sp³-hybridized carbons (Fsp3) is 0.833. The number of amides is 1. The first-order chi connectivity index (χ1) is 8.19. The van der Waals surface area contributed by atoms with Crippen LogP contribution >= 0.6 is 0 Å². The summed E-state index contributed by atoms with van der Waals surface area (Å²) < 4.78 is 10.6. The topological polar surface area (TPSA) is 76.1 Å². The quantitative estimate of drug-likeness (QED) is 0.831. The number of aliphatic carboxylic acids is 1. The second-order valence-electron chi connectivity index (χ2n) is 5.45. The summed E-state index contributed by atoms with van der Waals surface area (Å²) in [6.07, 6.45) is -0.828. The van der Waals surface area contributed by atoms with Crippen molar-refractivity contribution in [3.63, 3.8) is 0 Å². The minimum Gasteiger partial charge on any atom is -0.479 e. The molecule has 1 saturated heterocycles. The van der Waals surface area contributed by atoms with Crippen LogP contribution in [0.3, 0.4) is 0 Å².